The molecule has 0 saturated carbocycles. The lowest BCUT2D eigenvalue weighted by Crippen LogP contribution is -2.13. The van der Waals surface area contributed by atoms with E-state index in [0.29, 0.717) is 33.7 Å². The van der Waals surface area contributed by atoms with Gasteiger partial charge in [-0.3, -0.25) is 4.79 Å². The fourth-order valence-corrected chi connectivity index (χ4v) is 1.94. The van der Waals surface area contributed by atoms with Gasteiger partial charge in [-0.1, -0.05) is 0 Å². The molecule has 0 aliphatic carbocycles. The van der Waals surface area contributed by atoms with E-state index in [-0.39, 0.29) is 0 Å². The minimum absolute atomic E-state index is 0.383. The van der Waals surface area contributed by atoms with E-state index in [2.05, 4.69) is 4.98 Å². The van der Waals surface area contributed by atoms with E-state index in [4.69, 9.17) is 15.2 Å². The van der Waals surface area contributed by atoms with Gasteiger partial charge in [0.1, 0.15) is 17.0 Å². The Bertz CT molecular complexity index is 623. The molecule has 2 aromatic rings. The van der Waals surface area contributed by atoms with E-state index in [1.54, 1.807) is 32.2 Å². The highest BCUT2D eigenvalue weighted by molar-refractivity contribution is 6.09. The number of ether oxygens (including phenoxy) is 2. The molecular formula is C13H14N2O3. The maximum absolute atomic E-state index is 11.5. The summed E-state index contributed by atoms with van der Waals surface area (Å²) in [6.45, 7) is 1.80. The number of primary amides is 1. The molecule has 2 N–H and O–H groups in total. The van der Waals surface area contributed by atoms with Gasteiger partial charge >= 0.3 is 0 Å². The van der Waals surface area contributed by atoms with Gasteiger partial charge in [0.05, 0.1) is 25.2 Å². The smallest absolute Gasteiger partial charge is 0.249 e. The molecule has 18 heavy (non-hydrogen) atoms. The lowest BCUT2D eigenvalue weighted by atomic mass is 10.1. The van der Waals surface area contributed by atoms with Gasteiger partial charge in [-0.2, -0.15) is 0 Å². The Balaban J connectivity index is 2.96. The summed E-state index contributed by atoms with van der Waals surface area (Å²) in [5, 5.41) is 0.579. The predicted octanol–water partition coefficient (Wildman–Crippen LogP) is 1.66. The summed E-state index contributed by atoms with van der Waals surface area (Å²) in [6, 6.07) is 5.12. The average molecular weight is 246 g/mol. The minimum atomic E-state index is -0.517. The summed E-state index contributed by atoms with van der Waals surface area (Å²) in [5.74, 6) is 0.612. The summed E-state index contributed by atoms with van der Waals surface area (Å²) in [6.07, 6.45) is 0. The SMILES string of the molecule is COc1ccc(OC)c2c(C(N)=O)cc(C)nc12. The van der Waals surface area contributed by atoms with Gasteiger partial charge in [-0.25, -0.2) is 4.98 Å². The van der Waals surface area contributed by atoms with Gasteiger partial charge in [0, 0.05) is 5.69 Å². The Morgan fingerprint density at radius 3 is 2.39 bits per heavy atom. The molecule has 1 aromatic heterocycles. The fourth-order valence-electron chi connectivity index (χ4n) is 1.94. The Hall–Kier alpha value is -2.30. The Kier molecular flexibility index (Phi) is 3.06. The van der Waals surface area contributed by atoms with E-state index in [1.807, 2.05) is 0 Å². The van der Waals surface area contributed by atoms with E-state index >= 15 is 0 Å². The van der Waals surface area contributed by atoms with E-state index in [0.717, 1.165) is 0 Å². The second kappa shape index (κ2) is 4.52. The monoisotopic (exact) mass is 246 g/mol. The molecule has 5 nitrogen and oxygen atoms in total. The Morgan fingerprint density at radius 2 is 1.83 bits per heavy atom. The summed E-state index contributed by atoms with van der Waals surface area (Å²) >= 11 is 0. The molecular weight excluding hydrogens is 232 g/mol. The van der Waals surface area contributed by atoms with Gasteiger partial charge in [-0.05, 0) is 25.1 Å². The van der Waals surface area contributed by atoms with Gasteiger partial charge in [-0.15, -0.1) is 0 Å². The van der Waals surface area contributed by atoms with Crippen LogP contribution < -0.4 is 15.2 Å². The molecule has 1 aromatic carbocycles. The summed E-state index contributed by atoms with van der Waals surface area (Å²) < 4.78 is 10.5. The van der Waals surface area contributed by atoms with Gasteiger partial charge < -0.3 is 15.2 Å². The van der Waals surface area contributed by atoms with Crippen molar-refractivity contribution in [1.29, 1.82) is 0 Å². The van der Waals surface area contributed by atoms with Gasteiger partial charge in [0.2, 0.25) is 5.91 Å². The van der Waals surface area contributed by atoms with Crippen molar-refractivity contribution in [2.24, 2.45) is 5.73 Å². The van der Waals surface area contributed by atoms with E-state index < -0.39 is 5.91 Å². The number of methoxy groups -OCH3 is 2. The standard InChI is InChI=1S/C13H14N2O3/c1-7-6-8(13(14)16)11-9(17-2)4-5-10(18-3)12(11)15-7/h4-6H,1-3H3,(H2,14,16). The topological polar surface area (TPSA) is 74.4 Å². The highest BCUT2D eigenvalue weighted by Crippen LogP contribution is 2.34. The molecule has 0 saturated heterocycles. The molecule has 0 aliphatic rings. The quantitative estimate of drug-likeness (QED) is 0.893. The highest BCUT2D eigenvalue weighted by Gasteiger charge is 2.16. The second-order valence-corrected chi connectivity index (χ2v) is 3.87. The molecule has 0 unspecified atom stereocenters. The van der Waals surface area contributed by atoms with Crippen molar-refractivity contribution in [3.05, 3.63) is 29.5 Å². The summed E-state index contributed by atoms with van der Waals surface area (Å²) in [4.78, 5) is 15.9. The summed E-state index contributed by atoms with van der Waals surface area (Å²) in [5.41, 5.74) is 7.06. The molecule has 94 valence electrons. The number of fused-ring (bicyclic) bond motifs is 1. The van der Waals surface area contributed by atoms with Crippen LogP contribution in [0.5, 0.6) is 11.5 Å². The number of aryl methyl sites for hydroxylation is 1. The largest absolute Gasteiger partial charge is 0.496 e. The Morgan fingerprint density at radius 1 is 1.22 bits per heavy atom. The first kappa shape index (κ1) is 12.2. The number of hydrogen-bond acceptors (Lipinski definition) is 4. The van der Waals surface area contributed by atoms with Crippen LogP contribution in [-0.2, 0) is 0 Å². The zero-order chi connectivity index (χ0) is 13.3. The Labute approximate surface area is 105 Å². The number of pyridine rings is 1. The van der Waals surface area contributed by atoms with Crippen LogP contribution in [0.4, 0.5) is 0 Å². The third kappa shape index (κ3) is 1.84. The van der Waals surface area contributed by atoms with Gasteiger partial charge in [0.25, 0.3) is 0 Å². The lowest BCUT2D eigenvalue weighted by Gasteiger charge is -2.12. The fraction of sp³-hybridized carbons (Fsp3) is 0.231. The van der Waals surface area contributed by atoms with Crippen LogP contribution in [0.25, 0.3) is 10.9 Å². The number of aromatic nitrogens is 1. The van der Waals surface area contributed by atoms with Gasteiger partial charge in [0.15, 0.2) is 0 Å². The molecule has 2 rings (SSSR count). The average Bonchev–Trinajstić information content (AvgIpc) is 2.36. The molecule has 0 radical (unpaired) electrons. The molecule has 0 fully saturated rings. The maximum atomic E-state index is 11.5. The van der Waals surface area contributed by atoms with Crippen LogP contribution in [0.2, 0.25) is 0 Å². The number of amides is 1. The lowest BCUT2D eigenvalue weighted by molar-refractivity contribution is 0.100. The van der Waals surface area contributed by atoms with E-state index in [9.17, 15) is 4.79 Å². The zero-order valence-corrected chi connectivity index (χ0v) is 10.5. The number of carbonyl (C=O) groups is 1. The second-order valence-electron chi connectivity index (χ2n) is 3.87. The molecule has 0 spiro atoms. The van der Waals surface area contributed by atoms with Crippen molar-refractivity contribution in [2.75, 3.05) is 14.2 Å². The van der Waals surface area contributed by atoms with Crippen LogP contribution in [-0.4, -0.2) is 25.1 Å². The van der Waals surface area contributed by atoms with Crippen molar-refractivity contribution in [2.45, 2.75) is 6.92 Å². The van der Waals surface area contributed by atoms with Crippen LogP contribution in [0.1, 0.15) is 16.1 Å². The number of nitrogens with zero attached hydrogens (tertiary/aromatic N) is 1. The predicted molar refractivity (Wildman–Crippen MR) is 68.1 cm³/mol. The number of nitrogens with two attached hydrogens (primary N) is 1. The van der Waals surface area contributed by atoms with Crippen molar-refractivity contribution >= 4 is 16.8 Å². The summed E-state index contributed by atoms with van der Waals surface area (Å²) in [7, 11) is 3.08. The number of hydrogen-bond donors (Lipinski definition) is 1. The van der Waals surface area contributed by atoms with Crippen LogP contribution in [0, 0.1) is 6.92 Å². The first-order valence-electron chi connectivity index (χ1n) is 5.40. The van der Waals surface area contributed by atoms with E-state index in [1.165, 1.54) is 7.11 Å². The third-order valence-electron chi connectivity index (χ3n) is 2.72. The molecule has 0 bridgehead atoms. The first-order valence-corrected chi connectivity index (χ1v) is 5.40. The molecule has 1 amide bonds. The number of carbonyl (C=O) groups excluding carboxylic acids is 1. The first-order chi connectivity index (χ1) is 8.58. The minimum Gasteiger partial charge on any atom is -0.496 e. The third-order valence-corrected chi connectivity index (χ3v) is 2.72. The zero-order valence-electron chi connectivity index (χ0n) is 10.5. The molecule has 5 heteroatoms. The highest BCUT2D eigenvalue weighted by atomic mass is 16.5. The van der Waals surface area contributed by atoms with Crippen molar-refractivity contribution in [3.8, 4) is 11.5 Å². The number of benzene rings is 1. The molecule has 0 atom stereocenters. The van der Waals surface area contributed by atoms with Crippen molar-refractivity contribution in [3.63, 3.8) is 0 Å². The maximum Gasteiger partial charge on any atom is 0.249 e. The normalized spacial score (nSPS) is 10.4. The van der Waals surface area contributed by atoms with Crippen molar-refractivity contribution < 1.29 is 14.3 Å². The molecule has 1 heterocycles. The van der Waals surface area contributed by atoms with Crippen LogP contribution in [0.15, 0.2) is 18.2 Å². The number of rotatable bonds is 3. The molecule has 0 aliphatic heterocycles. The van der Waals surface area contributed by atoms with Crippen LogP contribution in [0.3, 0.4) is 0 Å². The van der Waals surface area contributed by atoms with Crippen molar-refractivity contribution in [1.82, 2.24) is 4.98 Å². The van der Waals surface area contributed by atoms with Crippen LogP contribution >= 0.6 is 0 Å².